The highest BCUT2D eigenvalue weighted by Gasteiger charge is 2.35. The Labute approximate surface area is 265 Å². The van der Waals surface area contributed by atoms with Crippen molar-refractivity contribution in [3.63, 3.8) is 0 Å². The van der Waals surface area contributed by atoms with Crippen LogP contribution in [0.2, 0.25) is 0 Å². The van der Waals surface area contributed by atoms with Crippen LogP contribution in [-0.2, 0) is 32.6 Å². The normalized spacial score (nSPS) is 12.6. The van der Waals surface area contributed by atoms with E-state index >= 15 is 0 Å². The number of anilines is 1. The lowest BCUT2D eigenvalue weighted by molar-refractivity contribution is -0.140. The maximum Gasteiger partial charge on any atom is 0.264 e. The molecule has 0 heterocycles. The monoisotopic (exact) mass is 629 g/mol. The van der Waals surface area contributed by atoms with Gasteiger partial charge >= 0.3 is 0 Å². The van der Waals surface area contributed by atoms with Gasteiger partial charge in [-0.15, -0.1) is 0 Å². The number of hydrogen-bond acceptors (Lipinski definition) is 4. The summed E-state index contributed by atoms with van der Waals surface area (Å²) in [6.45, 7) is 7.14. The average Bonchev–Trinajstić information content (AvgIpc) is 3.03. The predicted molar refractivity (Wildman–Crippen MR) is 176 cm³/mol. The fourth-order valence-electron chi connectivity index (χ4n) is 4.86. The van der Waals surface area contributed by atoms with E-state index in [4.69, 9.17) is 0 Å². The number of rotatable bonds is 13. The summed E-state index contributed by atoms with van der Waals surface area (Å²) >= 11 is 0. The third-order valence-electron chi connectivity index (χ3n) is 7.75. The van der Waals surface area contributed by atoms with Gasteiger partial charge in [0.1, 0.15) is 18.4 Å². The summed E-state index contributed by atoms with van der Waals surface area (Å²) < 4.78 is 43.0. The van der Waals surface area contributed by atoms with Crippen LogP contribution in [0.25, 0.3) is 0 Å². The second kappa shape index (κ2) is 15.0. The smallest absolute Gasteiger partial charge is 0.264 e. The quantitative estimate of drug-likeness (QED) is 0.191. The number of carbonyl (C=O) groups excluding carboxylic acids is 2. The van der Waals surface area contributed by atoms with Crippen molar-refractivity contribution in [3.8, 4) is 0 Å². The fourth-order valence-corrected chi connectivity index (χ4v) is 6.27. The van der Waals surface area contributed by atoms with Crippen molar-refractivity contribution in [1.82, 2.24) is 10.2 Å². The number of nitrogens with one attached hydrogen (secondary N) is 1. The van der Waals surface area contributed by atoms with Crippen LogP contribution in [-0.4, -0.2) is 43.8 Å². The van der Waals surface area contributed by atoms with E-state index in [0.29, 0.717) is 6.42 Å². The van der Waals surface area contributed by atoms with Gasteiger partial charge in [0, 0.05) is 19.0 Å². The van der Waals surface area contributed by atoms with E-state index in [0.717, 1.165) is 38.7 Å². The number of hydrogen-bond donors (Lipinski definition) is 1. The first-order valence-corrected chi connectivity index (χ1v) is 16.5. The van der Waals surface area contributed by atoms with Crippen LogP contribution in [0.15, 0.2) is 108 Å². The molecule has 0 aliphatic carbocycles. The Kier molecular flexibility index (Phi) is 11.1. The first-order chi connectivity index (χ1) is 21.5. The second-order valence-electron chi connectivity index (χ2n) is 11.3. The molecule has 236 valence electrons. The molecule has 0 saturated carbocycles. The van der Waals surface area contributed by atoms with E-state index in [9.17, 15) is 22.4 Å². The molecule has 9 heteroatoms. The highest BCUT2D eigenvalue weighted by molar-refractivity contribution is 7.92. The molecule has 4 rings (SSSR count). The van der Waals surface area contributed by atoms with Gasteiger partial charge in [-0.1, -0.05) is 84.8 Å². The molecule has 4 aromatic carbocycles. The molecule has 1 N–H and O–H groups in total. The number of amides is 2. The SMILES string of the molecule is CC[C@@H](C)NC(=O)[C@@H](Cc1ccccc1)N(Cc1ccc(C)cc1)C(=O)CN(c1ccc(F)cc1)S(=O)(=O)c1ccc(C)cc1. The number of carbonyl (C=O) groups is 2. The third kappa shape index (κ3) is 8.79. The zero-order valence-corrected chi connectivity index (χ0v) is 26.9. The third-order valence-corrected chi connectivity index (χ3v) is 9.54. The zero-order valence-electron chi connectivity index (χ0n) is 26.1. The van der Waals surface area contributed by atoms with Crippen LogP contribution in [0.4, 0.5) is 10.1 Å². The molecule has 0 bridgehead atoms. The maximum absolute atomic E-state index is 14.5. The number of aryl methyl sites for hydroxylation is 2. The van der Waals surface area contributed by atoms with Gasteiger partial charge in [-0.25, -0.2) is 12.8 Å². The molecule has 0 saturated heterocycles. The average molecular weight is 630 g/mol. The lowest BCUT2D eigenvalue weighted by Gasteiger charge is -2.34. The Bertz CT molecular complexity index is 1680. The molecule has 0 fully saturated rings. The first-order valence-electron chi connectivity index (χ1n) is 15.0. The summed E-state index contributed by atoms with van der Waals surface area (Å²) in [4.78, 5) is 29.8. The van der Waals surface area contributed by atoms with Gasteiger partial charge in [-0.2, -0.15) is 0 Å². The van der Waals surface area contributed by atoms with Gasteiger partial charge in [-0.05, 0) is 74.7 Å². The second-order valence-corrected chi connectivity index (χ2v) is 13.2. The maximum atomic E-state index is 14.5. The molecule has 0 radical (unpaired) electrons. The summed E-state index contributed by atoms with van der Waals surface area (Å²) in [5, 5.41) is 3.03. The summed E-state index contributed by atoms with van der Waals surface area (Å²) in [6, 6.07) is 27.2. The molecular formula is C36H40FN3O4S. The number of nitrogens with zero attached hydrogens (tertiary/aromatic N) is 2. The molecule has 0 aliphatic heterocycles. The summed E-state index contributed by atoms with van der Waals surface area (Å²) in [5.41, 5.74) is 3.69. The first kappa shape index (κ1) is 33.4. The van der Waals surface area contributed by atoms with Crippen molar-refractivity contribution in [2.24, 2.45) is 0 Å². The topological polar surface area (TPSA) is 86.8 Å². The van der Waals surface area contributed by atoms with E-state index in [1.165, 1.54) is 29.2 Å². The van der Waals surface area contributed by atoms with E-state index < -0.39 is 34.3 Å². The van der Waals surface area contributed by atoms with E-state index in [1.807, 2.05) is 82.3 Å². The predicted octanol–water partition coefficient (Wildman–Crippen LogP) is 6.19. The van der Waals surface area contributed by atoms with Gasteiger partial charge in [0.15, 0.2) is 0 Å². The molecule has 0 spiro atoms. The molecular weight excluding hydrogens is 589 g/mol. The lowest BCUT2D eigenvalue weighted by Crippen LogP contribution is -2.54. The van der Waals surface area contributed by atoms with Crippen LogP contribution < -0.4 is 9.62 Å². The van der Waals surface area contributed by atoms with Crippen molar-refractivity contribution in [3.05, 3.63) is 131 Å². The molecule has 2 amide bonds. The molecule has 0 unspecified atom stereocenters. The highest BCUT2D eigenvalue weighted by atomic mass is 32.2. The Morgan fingerprint density at radius 3 is 1.96 bits per heavy atom. The van der Waals surface area contributed by atoms with Crippen molar-refractivity contribution >= 4 is 27.5 Å². The van der Waals surface area contributed by atoms with Crippen LogP contribution >= 0.6 is 0 Å². The summed E-state index contributed by atoms with van der Waals surface area (Å²) in [6.07, 6.45) is 0.921. The number of halogens is 1. The van der Waals surface area contributed by atoms with Gasteiger partial charge in [0.25, 0.3) is 10.0 Å². The molecule has 0 aromatic heterocycles. The van der Waals surface area contributed by atoms with Gasteiger partial charge in [0.05, 0.1) is 10.6 Å². The van der Waals surface area contributed by atoms with Crippen molar-refractivity contribution in [2.75, 3.05) is 10.8 Å². The Balaban J connectivity index is 1.80. The van der Waals surface area contributed by atoms with Crippen molar-refractivity contribution in [2.45, 2.75) is 64.1 Å². The summed E-state index contributed by atoms with van der Waals surface area (Å²) in [5.74, 6) is -1.44. The van der Waals surface area contributed by atoms with Crippen LogP contribution in [0.1, 0.15) is 42.5 Å². The van der Waals surface area contributed by atoms with Crippen molar-refractivity contribution < 1.29 is 22.4 Å². The lowest BCUT2D eigenvalue weighted by atomic mass is 10.0. The fraction of sp³-hybridized carbons (Fsp3) is 0.278. The molecule has 4 aromatic rings. The van der Waals surface area contributed by atoms with Crippen LogP contribution in [0.3, 0.4) is 0 Å². The van der Waals surface area contributed by atoms with E-state index in [-0.39, 0.29) is 35.5 Å². The Morgan fingerprint density at radius 2 is 1.38 bits per heavy atom. The van der Waals surface area contributed by atoms with Gasteiger partial charge in [0.2, 0.25) is 11.8 Å². The molecule has 7 nitrogen and oxygen atoms in total. The standard InChI is InChI=1S/C36H40FN3O4S/c1-5-28(4)38-36(42)34(23-29-9-7-6-8-10-29)39(24-30-15-11-26(2)12-16-30)35(41)25-40(32-19-17-31(37)18-20-32)45(43,44)33-21-13-27(3)14-22-33/h6-22,28,34H,5,23-25H2,1-4H3,(H,38,42)/t28-,34-/m1/s1. The van der Waals surface area contributed by atoms with Gasteiger partial charge in [-0.3, -0.25) is 13.9 Å². The van der Waals surface area contributed by atoms with Crippen molar-refractivity contribution in [1.29, 1.82) is 0 Å². The Hall–Kier alpha value is -4.50. The van der Waals surface area contributed by atoms with Crippen LogP contribution in [0, 0.1) is 19.7 Å². The largest absolute Gasteiger partial charge is 0.352 e. The van der Waals surface area contributed by atoms with E-state index in [1.54, 1.807) is 12.1 Å². The molecule has 2 atom stereocenters. The zero-order chi connectivity index (χ0) is 32.6. The minimum atomic E-state index is -4.26. The van der Waals surface area contributed by atoms with Gasteiger partial charge < -0.3 is 10.2 Å². The number of benzene rings is 4. The highest BCUT2D eigenvalue weighted by Crippen LogP contribution is 2.26. The Morgan fingerprint density at radius 1 is 0.800 bits per heavy atom. The minimum Gasteiger partial charge on any atom is -0.352 e. The van der Waals surface area contributed by atoms with E-state index in [2.05, 4.69) is 5.32 Å². The number of sulfonamides is 1. The summed E-state index contributed by atoms with van der Waals surface area (Å²) in [7, 11) is -4.26. The minimum absolute atomic E-state index is 0.00865. The molecule has 0 aliphatic rings. The molecule has 45 heavy (non-hydrogen) atoms. The van der Waals surface area contributed by atoms with Crippen LogP contribution in [0.5, 0.6) is 0 Å².